The molecular weight excluding hydrogens is 242 g/mol. The van der Waals surface area contributed by atoms with Crippen molar-refractivity contribution in [3.63, 3.8) is 0 Å². The van der Waals surface area contributed by atoms with Crippen molar-refractivity contribution in [1.29, 1.82) is 0 Å². The lowest BCUT2D eigenvalue weighted by Crippen LogP contribution is -2.41. The molecule has 1 N–H and O–H groups in total. The molecular formula is C14H23N3O2. The maximum Gasteiger partial charge on any atom is 0.240 e. The molecule has 5 heteroatoms. The summed E-state index contributed by atoms with van der Waals surface area (Å²) in [7, 11) is 0. The van der Waals surface area contributed by atoms with E-state index in [1.54, 1.807) is 0 Å². The molecule has 1 saturated heterocycles. The van der Waals surface area contributed by atoms with E-state index in [1.165, 1.54) is 12.8 Å². The summed E-state index contributed by atoms with van der Waals surface area (Å²) in [5.74, 6) is 2.20. The van der Waals surface area contributed by atoms with E-state index in [4.69, 9.17) is 4.52 Å². The van der Waals surface area contributed by atoms with E-state index in [0.29, 0.717) is 12.5 Å². The molecule has 1 saturated carbocycles. The van der Waals surface area contributed by atoms with Crippen LogP contribution < -0.4 is 0 Å². The fourth-order valence-corrected chi connectivity index (χ4v) is 2.84. The van der Waals surface area contributed by atoms with Crippen LogP contribution in [-0.4, -0.2) is 39.8 Å². The topological polar surface area (TPSA) is 62.4 Å². The first-order valence-corrected chi connectivity index (χ1v) is 7.40. The van der Waals surface area contributed by atoms with Crippen molar-refractivity contribution in [2.45, 2.75) is 51.5 Å². The number of aliphatic hydroxyl groups is 1. The highest BCUT2D eigenvalue weighted by molar-refractivity contribution is 5.03. The molecule has 0 aromatic carbocycles. The van der Waals surface area contributed by atoms with E-state index in [9.17, 15) is 5.11 Å². The van der Waals surface area contributed by atoms with Crippen LogP contribution >= 0.6 is 0 Å². The Hall–Kier alpha value is -0.940. The molecule has 0 spiro atoms. The van der Waals surface area contributed by atoms with Gasteiger partial charge in [0.2, 0.25) is 5.89 Å². The Kier molecular flexibility index (Phi) is 3.58. The van der Waals surface area contributed by atoms with E-state index < -0.39 is 0 Å². The molecule has 2 fully saturated rings. The molecule has 1 aromatic heterocycles. The minimum atomic E-state index is 0.143. The minimum absolute atomic E-state index is 0.143. The Balaban J connectivity index is 1.53. The van der Waals surface area contributed by atoms with Gasteiger partial charge in [0.05, 0.1) is 6.54 Å². The molecule has 0 atom stereocenters. The van der Waals surface area contributed by atoms with Crippen LogP contribution in [0.1, 0.15) is 56.7 Å². The Labute approximate surface area is 114 Å². The summed E-state index contributed by atoms with van der Waals surface area (Å²) < 4.78 is 5.32. The average molecular weight is 265 g/mol. The van der Waals surface area contributed by atoms with Crippen molar-refractivity contribution < 1.29 is 9.63 Å². The molecule has 0 bridgehead atoms. The molecule has 0 radical (unpaired) electrons. The van der Waals surface area contributed by atoms with Gasteiger partial charge in [-0.2, -0.15) is 4.98 Å². The quantitative estimate of drug-likeness (QED) is 0.881. The van der Waals surface area contributed by atoms with Crippen molar-refractivity contribution in [2.24, 2.45) is 5.41 Å². The van der Waals surface area contributed by atoms with Crippen LogP contribution in [0.15, 0.2) is 4.52 Å². The second kappa shape index (κ2) is 5.21. The molecule has 106 valence electrons. The maximum absolute atomic E-state index is 9.53. The number of likely N-dealkylation sites (tertiary alicyclic amines) is 1. The Bertz CT molecular complexity index is 414. The largest absolute Gasteiger partial charge is 0.396 e. The van der Waals surface area contributed by atoms with Gasteiger partial charge in [0.15, 0.2) is 5.82 Å². The second-order valence-electron chi connectivity index (χ2n) is 6.11. The summed E-state index contributed by atoms with van der Waals surface area (Å²) in [5.41, 5.74) is 0.143. The normalized spacial score (nSPS) is 23.7. The standard InChI is InChI=1S/C14H23N3O2/c1-2-14(10-18)5-7-17(8-6-14)9-12-15-13(16-19-12)11-3-4-11/h11,18H,2-10H2,1H3. The van der Waals surface area contributed by atoms with E-state index in [2.05, 4.69) is 22.0 Å². The molecule has 1 aliphatic carbocycles. The van der Waals surface area contributed by atoms with Crippen molar-refractivity contribution in [1.82, 2.24) is 15.0 Å². The van der Waals surface area contributed by atoms with Crippen molar-refractivity contribution in [3.8, 4) is 0 Å². The van der Waals surface area contributed by atoms with Crippen LogP contribution in [0, 0.1) is 5.41 Å². The predicted octanol–water partition coefficient (Wildman–Crippen LogP) is 1.93. The van der Waals surface area contributed by atoms with Gasteiger partial charge < -0.3 is 9.63 Å². The highest BCUT2D eigenvalue weighted by Gasteiger charge is 2.33. The van der Waals surface area contributed by atoms with Gasteiger partial charge in [-0.1, -0.05) is 12.1 Å². The molecule has 3 rings (SSSR count). The minimum Gasteiger partial charge on any atom is -0.396 e. The van der Waals surface area contributed by atoms with E-state index in [0.717, 1.165) is 50.6 Å². The van der Waals surface area contributed by atoms with Gasteiger partial charge in [0, 0.05) is 12.5 Å². The highest BCUT2D eigenvalue weighted by Crippen LogP contribution is 2.38. The van der Waals surface area contributed by atoms with Gasteiger partial charge in [-0.25, -0.2) is 0 Å². The fourth-order valence-electron chi connectivity index (χ4n) is 2.84. The van der Waals surface area contributed by atoms with Crippen LogP contribution in [0.5, 0.6) is 0 Å². The van der Waals surface area contributed by atoms with Crippen LogP contribution in [0.4, 0.5) is 0 Å². The first-order valence-electron chi connectivity index (χ1n) is 7.40. The van der Waals surface area contributed by atoms with Gasteiger partial charge in [0.25, 0.3) is 0 Å². The first kappa shape index (κ1) is 13.1. The number of hydrogen-bond donors (Lipinski definition) is 1. The molecule has 1 aromatic rings. The fraction of sp³-hybridized carbons (Fsp3) is 0.857. The Morgan fingerprint density at radius 1 is 1.37 bits per heavy atom. The highest BCUT2D eigenvalue weighted by atomic mass is 16.5. The monoisotopic (exact) mass is 265 g/mol. The number of piperidine rings is 1. The summed E-state index contributed by atoms with van der Waals surface area (Å²) in [6.07, 6.45) is 5.59. The summed E-state index contributed by atoms with van der Waals surface area (Å²) in [5, 5.41) is 13.6. The zero-order chi connectivity index (χ0) is 13.3. The van der Waals surface area contributed by atoms with Gasteiger partial charge >= 0.3 is 0 Å². The van der Waals surface area contributed by atoms with E-state index in [-0.39, 0.29) is 5.41 Å². The SMILES string of the molecule is CCC1(CO)CCN(Cc2nc(C3CC3)no2)CC1. The van der Waals surface area contributed by atoms with Gasteiger partial charge in [-0.3, -0.25) is 4.90 Å². The molecule has 2 aliphatic rings. The molecule has 5 nitrogen and oxygen atoms in total. The van der Waals surface area contributed by atoms with E-state index >= 15 is 0 Å². The third-order valence-corrected chi connectivity index (χ3v) is 4.79. The molecule has 1 aliphatic heterocycles. The first-order chi connectivity index (χ1) is 9.24. The van der Waals surface area contributed by atoms with Crippen LogP contribution in [-0.2, 0) is 6.54 Å². The number of rotatable bonds is 5. The van der Waals surface area contributed by atoms with Crippen LogP contribution in [0.3, 0.4) is 0 Å². The van der Waals surface area contributed by atoms with Crippen LogP contribution in [0.25, 0.3) is 0 Å². The van der Waals surface area contributed by atoms with Gasteiger partial charge in [-0.15, -0.1) is 0 Å². The molecule has 19 heavy (non-hydrogen) atoms. The van der Waals surface area contributed by atoms with Crippen molar-refractivity contribution in [3.05, 3.63) is 11.7 Å². The third kappa shape index (κ3) is 2.82. The Morgan fingerprint density at radius 3 is 2.68 bits per heavy atom. The summed E-state index contributed by atoms with van der Waals surface area (Å²) in [6, 6.07) is 0. The average Bonchev–Trinajstić information content (AvgIpc) is 3.21. The molecule has 0 amide bonds. The lowest BCUT2D eigenvalue weighted by atomic mass is 9.77. The maximum atomic E-state index is 9.53. The zero-order valence-electron chi connectivity index (χ0n) is 11.6. The summed E-state index contributed by atoms with van der Waals surface area (Å²) >= 11 is 0. The van der Waals surface area contributed by atoms with Crippen molar-refractivity contribution >= 4 is 0 Å². The third-order valence-electron chi connectivity index (χ3n) is 4.79. The molecule has 2 heterocycles. The zero-order valence-corrected chi connectivity index (χ0v) is 11.6. The lowest BCUT2D eigenvalue weighted by Gasteiger charge is -2.39. The van der Waals surface area contributed by atoms with E-state index in [1.807, 2.05) is 0 Å². The van der Waals surface area contributed by atoms with Crippen LogP contribution in [0.2, 0.25) is 0 Å². The number of hydrogen-bond acceptors (Lipinski definition) is 5. The lowest BCUT2D eigenvalue weighted by molar-refractivity contribution is 0.0348. The molecule has 0 unspecified atom stereocenters. The van der Waals surface area contributed by atoms with Crippen molar-refractivity contribution in [2.75, 3.05) is 19.7 Å². The van der Waals surface area contributed by atoms with Gasteiger partial charge in [-0.05, 0) is 50.6 Å². The summed E-state index contributed by atoms with van der Waals surface area (Å²) in [6.45, 7) is 5.26. The Morgan fingerprint density at radius 2 is 2.11 bits per heavy atom. The predicted molar refractivity (Wildman–Crippen MR) is 70.6 cm³/mol. The summed E-state index contributed by atoms with van der Waals surface area (Å²) in [4.78, 5) is 6.83. The number of aromatic nitrogens is 2. The number of aliphatic hydroxyl groups excluding tert-OH is 1. The smallest absolute Gasteiger partial charge is 0.240 e. The van der Waals surface area contributed by atoms with Gasteiger partial charge in [0.1, 0.15) is 0 Å². The number of nitrogens with zero attached hydrogens (tertiary/aromatic N) is 3. The second-order valence-corrected chi connectivity index (χ2v) is 6.11.